The van der Waals surface area contributed by atoms with Gasteiger partial charge in [-0.25, -0.2) is 0 Å². The van der Waals surface area contributed by atoms with Crippen molar-refractivity contribution < 1.29 is 14.3 Å². The number of benzene rings is 1. The Labute approximate surface area is 134 Å². The molecular weight excluding hydrogens is 292 g/mol. The summed E-state index contributed by atoms with van der Waals surface area (Å²) in [5.74, 6) is 0.284. The summed E-state index contributed by atoms with van der Waals surface area (Å²) in [4.78, 5) is 17.2. The lowest BCUT2D eigenvalue weighted by Crippen LogP contribution is -2.34. The van der Waals surface area contributed by atoms with Crippen molar-refractivity contribution in [3.8, 4) is 0 Å². The molecule has 23 heavy (non-hydrogen) atoms. The quantitative estimate of drug-likeness (QED) is 0.735. The molecule has 0 aliphatic heterocycles. The number of nitrogens with zero attached hydrogens (tertiary/aromatic N) is 1. The zero-order chi connectivity index (χ0) is 16.1. The smallest absolute Gasteiger partial charge is 0.270 e. The van der Waals surface area contributed by atoms with Crippen LogP contribution in [-0.2, 0) is 6.54 Å². The van der Waals surface area contributed by atoms with Gasteiger partial charge in [-0.1, -0.05) is 30.3 Å². The fourth-order valence-electron chi connectivity index (χ4n) is 2.44. The third-order valence-electron chi connectivity index (χ3n) is 3.60. The molecule has 3 rings (SSSR count). The fourth-order valence-corrected chi connectivity index (χ4v) is 2.44. The molecule has 1 atom stereocenters. The van der Waals surface area contributed by atoms with Gasteiger partial charge in [-0.3, -0.25) is 4.79 Å². The molecule has 5 nitrogen and oxygen atoms in total. The number of carbonyl (C=O) groups excluding carboxylic acids is 1. The van der Waals surface area contributed by atoms with Crippen LogP contribution in [0.1, 0.15) is 27.9 Å². The van der Waals surface area contributed by atoms with Gasteiger partial charge >= 0.3 is 0 Å². The third kappa shape index (κ3) is 3.70. The van der Waals surface area contributed by atoms with Crippen LogP contribution in [0.3, 0.4) is 0 Å². The van der Waals surface area contributed by atoms with Crippen LogP contribution in [0, 0.1) is 0 Å². The van der Waals surface area contributed by atoms with Gasteiger partial charge in [0.1, 0.15) is 17.6 Å². The van der Waals surface area contributed by atoms with Crippen molar-refractivity contribution in [1.29, 1.82) is 0 Å². The molecule has 1 aromatic carbocycles. The fraction of sp³-hybridized carbons (Fsp3) is 0.167. The van der Waals surface area contributed by atoms with Gasteiger partial charge in [-0.15, -0.1) is 0 Å². The van der Waals surface area contributed by atoms with Gasteiger partial charge in [-0.2, -0.15) is 0 Å². The van der Waals surface area contributed by atoms with Crippen LogP contribution < -0.4 is 0 Å². The molecule has 0 aliphatic rings. The Hall–Kier alpha value is -2.79. The first-order valence-corrected chi connectivity index (χ1v) is 7.42. The summed E-state index contributed by atoms with van der Waals surface area (Å²) in [5, 5.41) is 10.3. The summed E-state index contributed by atoms with van der Waals surface area (Å²) in [5.41, 5.74) is 1.49. The van der Waals surface area contributed by atoms with Crippen molar-refractivity contribution >= 4 is 5.91 Å². The lowest BCUT2D eigenvalue weighted by molar-refractivity contribution is 0.0558. The Morgan fingerprint density at radius 1 is 1.13 bits per heavy atom. The lowest BCUT2D eigenvalue weighted by atomic mass is 10.1. The van der Waals surface area contributed by atoms with Gasteiger partial charge in [-0.05, 0) is 29.8 Å². The largest absolute Gasteiger partial charge is 0.467 e. The van der Waals surface area contributed by atoms with E-state index >= 15 is 0 Å². The summed E-state index contributed by atoms with van der Waals surface area (Å²) >= 11 is 0. The van der Waals surface area contributed by atoms with E-state index < -0.39 is 6.10 Å². The number of aliphatic hydroxyl groups excluding tert-OH is 1. The average molecular weight is 310 g/mol. The first-order valence-electron chi connectivity index (χ1n) is 7.42. The summed E-state index contributed by atoms with van der Waals surface area (Å²) in [7, 11) is 0. The highest BCUT2D eigenvalue weighted by atomic mass is 16.4. The maximum Gasteiger partial charge on any atom is 0.270 e. The molecule has 0 aliphatic carbocycles. The standard InChI is InChI=1S/C18H18N2O3/c21-16(17-9-5-11-23-17)13-20(12-14-6-2-1-3-7-14)18(22)15-8-4-10-19-15/h1-11,16,19,21H,12-13H2/t16-/m1/s1. The maximum atomic E-state index is 12.7. The second-order valence-electron chi connectivity index (χ2n) is 5.29. The maximum absolute atomic E-state index is 12.7. The highest BCUT2D eigenvalue weighted by Gasteiger charge is 2.22. The molecule has 0 saturated carbocycles. The molecule has 2 heterocycles. The molecule has 0 spiro atoms. The monoisotopic (exact) mass is 310 g/mol. The molecule has 3 aromatic rings. The van der Waals surface area contributed by atoms with E-state index in [9.17, 15) is 9.90 Å². The summed E-state index contributed by atoms with van der Waals surface area (Å²) in [6.45, 7) is 0.566. The molecule has 0 unspecified atom stereocenters. The van der Waals surface area contributed by atoms with Gasteiger partial charge in [0.05, 0.1) is 12.8 Å². The van der Waals surface area contributed by atoms with Crippen LogP contribution in [0.5, 0.6) is 0 Å². The van der Waals surface area contributed by atoms with Gasteiger partial charge in [0.25, 0.3) is 5.91 Å². The molecular formula is C18H18N2O3. The Morgan fingerprint density at radius 2 is 1.96 bits per heavy atom. The number of nitrogens with one attached hydrogen (secondary N) is 1. The summed E-state index contributed by atoms with van der Waals surface area (Å²) in [6, 6.07) is 16.6. The Balaban J connectivity index is 1.79. The Kier molecular flexibility index (Phi) is 4.59. The molecule has 0 fully saturated rings. The normalized spacial score (nSPS) is 12.0. The molecule has 1 amide bonds. The zero-order valence-corrected chi connectivity index (χ0v) is 12.6. The van der Waals surface area contributed by atoms with E-state index in [1.54, 1.807) is 35.4 Å². The van der Waals surface area contributed by atoms with Crippen molar-refractivity contribution in [2.75, 3.05) is 6.54 Å². The van der Waals surface area contributed by atoms with E-state index in [1.807, 2.05) is 30.3 Å². The van der Waals surface area contributed by atoms with Crippen LogP contribution in [0.15, 0.2) is 71.5 Å². The van der Waals surface area contributed by atoms with Crippen LogP contribution >= 0.6 is 0 Å². The second-order valence-corrected chi connectivity index (χ2v) is 5.29. The van der Waals surface area contributed by atoms with E-state index in [0.29, 0.717) is 18.0 Å². The molecule has 2 N–H and O–H groups in total. The van der Waals surface area contributed by atoms with Gasteiger partial charge in [0.15, 0.2) is 0 Å². The van der Waals surface area contributed by atoms with Crippen LogP contribution in [0.25, 0.3) is 0 Å². The highest BCUT2D eigenvalue weighted by Crippen LogP contribution is 2.18. The first-order chi connectivity index (χ1) is 11.2. The lowest BCUT2D eigenvalue weighted by Gasteiger charge is -2.24. The van der Waals surface area contributed by atoms with E-state index in [1.165, 1.54) is 6.26 Å². The van der Waals surface area contributed by atoms with E-state index in [2.05, 4.69) is 4.98 Å². The number of rotatable bonds is 6. The zero-order valence-electron chi connectivity index (χ0n) is 12.6. The highest BCUT2D eigenvalue weighted by molar-refractivity contribution is 5.92. The van der Waals surface area contributed by atoms with Crippen molar-refractivity contribution in [3.63, 3.8) is 0 Å². The Morgan fingerprint density at radius 3 is 2.61 bits per heavy atom. The van der Waals surface area contributed by atoms with E-state index in [0.717, 1.165) is 5.56 Å². The van der Waals surface area contributed by atoms with E-state index in [-0.39, 0.29) is 12.5 Å². The molecule has 0 saturated heterocycles. The third-order valence-corrected chi connectivity index (χ3v) is 3.60. The summed E-state index contributed by atoms with van der Waals surface area (Å²) < 4.78 is 5.22. The minimum atomic E-state index is -0.868. The van der Waals surface area contributed by atoms with E-state index in [4.69, 9.17) is 4.42 Å². The number of aromatic amines is 1. The average Bonchev–Trinajstić information content (AvgIpc) is 3.27. The molecule has 118 valence electrons. The number of amides is 1. The van der Waals surface area contributed by atoms with Crippen molar-refractivity contribution in [3.05, 3.63) is 84.1 Å². The Bertz CT molecular complexity index is 721. The second kappa shape index (κ2) is 6.98. The van der Waals surface area contributed by atoms with Crippen LogP contribution in [0.2, 0.25) is 0 Å². The van der Waals surface area contributed by atoms with Gasteiger partial charge < -0.3 is 19.4 Å². The summed E-state index contributed by atoms with van der Waals surface area (Å²) in [6.07, 6.45) is 2.34. The van der Waals surface area contributed by atoms with Crippen molar-refractivity contribution in [1.82, 2.24) is 9.88 Å². The minimum Gasteiger partial charge on any atom is -0.467 e. The number of H-pyrrole nitrogens is 1. The molecule has 5 heteroatoms. The number of carbonyl (C=O) groups is 1. The molecule has 0 bridgehead atoms. The van der Waals surface area contributed by atoms with Gasteiger partial charge in [0, 0.05) is 12.7 Å². The molecule has 2 aromatic heterocycles. The number of hydrogen-bond acceptors (Lipinski definition) is 3. The molecule has 0 radical (unpaired) electrons. The predicted octanol–water partition coefficient (Wildman–Crippen LogP) is 2.98. The van der Waals surface area contributed by atoms with Crippen molar-refractivity contribution in [2.45, 2.75) is 12.6 Å². The predicted molar refractivity (Wildman–Crippen MR) is 85.6 cm³/mol. The van der Waals surface area contributed by atoms with Crippen molar-refractivity contribution in [2.24, 2.45) is 0 Å². The van der Waals surface area contributed by atoms with Crippen LogP contribution in [-0.4, -0.2) is 27.4 Å². The topological polar surface area (TPSA) is 69.5 Å². The number of aromatic nitrogens is 1. The number of furan rings is 1. The minimum absolute atomic E-state index is 0.153. The van der Waals surface area contributed by atoms with Gasteiger partial charge in [0.2, 0.25) is 0 Å². The first kappa shape index (κ1) is 15.1. The number of hydrogen-bond donors (Lipinski definition) is 2. The number of aliphatic hydroxyl groups is 1. The van der Waals surface area contributed by atoms with Crippen LogP contribution in [0.4, 0.5) is 0 Å². The SMILES string of the molecule is O=C(c1ccc[nH]1)N(Cc1ccccc1)C[C@@H](O)c1ccco1.